The summed E-state index contributed by atoms with van der Waals surface area (Å²) in [5, 5.41) is 7.74. The molecule has 2 aliphatic rings. The average molecular weight is 697 g/mol. The van der Waals surface area contributed by atoms with E-state index in [1.165, 1.54) is 88.0 Å². The first-order valence-electron chi connectivity index (χ1n) is 19.0. The largest absolute Gasteiger partial charge is 0.252 e. The Kier molecular flexibility index (Phi) is 6.29. The summed E-state index contributed by atoms with van der Waals surface area (Å²) in [5.41, 5.74) is 16.5. The number of hydrogen-bond donors (Lipinski definition) is 0. The predicted molar refractivity (Wildman–Crippen MR) is 227 cm³/mol. The molecule has 0 amide bonds. The molecule has 0 bridgehead atoms. The number of nitrogens with zero attached hydrogens (tertiary/aromatic N) is 2. The van der Waals surface area contributed by atoms with Crippen LogP contribution in [0.1, 0.15) is 22.3 Å². The van der Waals surface area contributed by atoms with Crippen molar-refractivity contribution in [2.24, 2.45) is 0 Å². The van der Waals surface area contributed by atoms with Crippen LogP contribution in [0.3, 0.4) is 0 Å². The lowest BCUT2D eigenvalue weighted by Crippen LogP contribution is -2.26. The van der Waals surface area contributed by atoms with E-state index in [2.05, 4.69) is 164 Å². The number of rotatable bonds is 3. The highest BCUT2D eigenvalue weighted by Gasteiger charge is 2.54. The minimum Gasteiger partial charge on any atom is -0.252 e. The monoisotopic (exact) mass is 696 g/mol. The molecule has 12 rings (SSSR count). The van der Waals surface area contributed by atoms with Gasteiger partial charge in [-0.25, -0.2) is 0 Å². The SMILES string of the molecule is c1ccc(-c2cnc(-c3ccc(-c4cc5c(c6ccccc46)C4(c6ccccc6-c6ccccc64)c4c-5c5ccccc5c5ccccc45)cc3)cn2)cc1. The molecular weight excluding hydrogens is 665 g/mol. The Morgan fingerprint density at radius 3 is 1.38 bits per heavy atom. The molecule has 9 aromatic carbocycles. The Hall–Kier alpha value is -7.16. The Labute approximate surface area is 319 Å². The molecule has 1 heterocycles. The molecule has 0 saturated carbocycles. The van der Waals surface area contributed by atoms with Crippen molar-refractivity contribution in [1.82, 2.24) is 9.97 Å². The maximum absolute atomic E-state index is 4.82. The molecule has 0 aliphatic heterocycles. The molecule has 2 heteroatoms. The zero-order chi connectivity index (χ0) is 36.1. The number of benzene rings is 9. The van der Waals surface area contributed by atoms with E-state index in [0.29, 0.717) is 0 Å². The van der Waals surface area contributed by atoms with E-state index in [9.17, 15) is 0 Å². The van der Waals surface area contributed by atoms with Crippen molar-refractivity contribution in [3.8, 4) is 55.9 Å². The minimum absolute atomic E-state index is 0.492. The van der Waals surface area contributed by atoms with Crippen LogP contribution in [0.25, 0.3) is 88.2 Å². The summed E-state index contributed by atoms with van der Waals surface area (Å²) < 4.78 is 0. The Morgan fingerprint density at radius 2 is 0.764 bits per heavy atom. The van der Waals surface area contributed by atoms with E-state index < -0.39 is 5.41 Å². The van der Waals surface area contributed by atoms with Crippen LogP contribution in [0.15, 0.2) is 194 Å². The normalized spacial score (nSPS) is 13.2. The first kappa shape index (κ1) is 30.3. The van der Waals surface area contributed by atoms with Gasteiger partial charge in [0, 0.05) is 11.1 Å². The molecule has 55 heavy (non-hydrogen) atoms. The molecule has 0 N–H and O–H groups in total. The van der Waals surface area contributed by atoms with E-state index in [1.54, 1.807) is 0 Å². The molecule has 0 unspecified atom stereocenters. The topological polar surface area (TPSA) is 25.8 Å². The molecule has 0 atom stereocenters. The zero-order valence-corrected chi connectivity index (χ0v) is 29.9. The quantitative estimate of drug-likeness (QED) is 0.172. The van der Waals surface area contributed by atoms with Crippen LogP contribution in [-0.2, 0) is 5.41 Å². The standard InChI is InChI=1S/C53H32N2/c1-2-14-34(15-3-1)48-31-55-49(32-54-48)35-28-26-33(27-29-35)44-30-45-50-41-21-7-4-16-36(41)37-17-5-9-23-43(37)52(50)53(51(45)42-22-8-6-18-38(42)44)46-24-12-10-19-39(46)40-20-11-13-25-47(40)53/h1-32H. The van der Waals surface area contributed by atoms with Gasteiger partial charge in [-0.2, -0.15) is 0 Å². The first-order chi connectivity index (χ1) is 27.3. The van der Waals surface area contributed by atoms with E-state index in [4.69, 9.17) is 9.97 Å². The molecule has 2 aliphatic carbocycles. The van der Waals surface area contributed by atoms with Gasteiger partial charge in [0.25, 0.3) is 0 Å². The second-order valence-electron chi connectivity index (χ2n) is 14.8. The molecule has 0 saturated heterocycles. The summed E-state index contributed by atoms with van der Waals surface area (Å²) in [4.78, 5) is 9.58. The third kappa shape index (κ3) is 4.08. The summed E-state index contributed by atoms with van der Waals surface area (Å²) in [6.45, 7) is 0. The maximum Gasteiger partial charge on any atom is 0.0885 e. The van der Waals surface area contributed by atoms with E-state index >= 15 is 0 Å². The predicted octanol–water partition coefficient (Wildman–Crippen LogP) is 13.3. The van der Waals surface area contributed by atoms with Crippen molar-refractivity contribution in [3.05, 3.63) is 217 Å². The van der Waals surface area contributed by atoms with Crippen LogP contribution >= 0.6 is 0 Å². The zero-order valence-electron chi connectivity index (χ0n) is 29.9. The second-order valence-corrected chi connectivity index (χ2v) is 14.8. The van der Waals surface area contributed by atoms with Gasteiger partial charge in [-0.15, -0.1) is 0 Å². The number of hydrogen-bond acceptors (Lipinski definition) is 2. The van der Waals surface area contributed by atoms with Crippen LogP contribution in [0.5, 0.6) is 0 Å². The van der Waals surface area contributed by atoms with Crippen LogP contribution in [0, 0.1) is 0 Å². The lowest BCUT2D eigenvalue weighted by Gasteiger charge is -2.33. The minimum atomic E-state index is -0.492. The molecule has 1 spiro atoms. The summed E-state index contributed by atoms with van der Waals surface area (Å²) >= 11 is 0. The number of aromatic nitrogens is 2. The van der Waals surface area contributed by atoms with Crippen molar-refractivity contribution in [2.75, 3.05) is 0 Å². The summed E-state index contributed by atoms with van der Waals surface area (Å²) in [7, 11) is 0. The highest BCUT2D eigenvalue weighted by Crippen LogP contribution is 2.67. The van der Waals surface area contributed by atoms with Crippen molar-refractivity contribution < 1.29 is 0 Å². The van der Waals surface area contributed by atoms with Gasteiger partial charge in [-0.3, -0.25) is 9.97 Å². The second kappa shape index (κ2) is 11.4. The van der Waals surface area contributed by atoms with E-state index in [-0.39, 0.29) is 0 Å². The van der Waals surface area contributed by atoms with Crippen LogP contribution < -0.4 is 0 Å². The number of fused-ring (bicyclic) bond motifs is 17. The lowest BCUT2D eigenvalue weighted by molar-refractivity contribution is 0.809. The highest BCUT2D eigenvalue weighted by atomic mass is 14.8. The fourth-order valence-corrected chi connectivity index (χ4v) is 9.98. The van der Waals surface area contributed by atoms with E-state index in [1.807, 2.05) is 30.6 Å². The Bertz CT molecular complexity index is 3130. The van der Waals surface area contributed by atoms with Gasteiger partial charge in [0.15, 0.2) is 0 Å². The fourth-order valence-electron chi connectivity index (χ4n) is 9.98. The Balaban J connectivity index is 1.15. The average Bonchev–Trinajstić information content (AvgIpc) is 3.74. The highest BCUT2D eigenvalue weighted by molar-refractivity contribution is 6.22. The third-order valence-electron chi connectivity index (χ3n) is 12.2. The van der Waals surface area contributed by atoms with Gasteiger partial charge in [0.2, 0.25) is 0 Å². The molecule has 0 radical (unpaired) electrons. The van der Waals surface area contributed by atoms with Crippen molar-refractivity contribution in [2.45, 2.75) is 5.41 Å². The fraction of sp³-hybridized carbons (Fsp3) is 0.0189. The molecule has 1 aromatic heterocycles. The smallest absolute Gasteiger partial charge is 0.0885 e. The van der Waals surface area contributed by atoms with Crippen LogP contribution in [-0.4, -0.2) is 9.97 Å². The molecule has 10 aromatic rings. The molecule has 254 valence electrons. The molecule has 0 fully saturated rings. The Morgan fingerprint density at radius 1 is 0.309 bits per heavy atom. The lowest BCUT2D eigenvalue weighted by atomic mass is 9.68. The molecule has 2 nitrogen and oxygen atoms in total. The van der Waals surface area contributed by atoms with Gasteiger partial charge in [-0.05, 0) is 94.0 Å². The first-order valence-corrected chi connectivity index (χ1v) is 19.0. The van der Waals surface area contributed by atoms with Crippen LogP contribution in [0.4, 0.5) is 0 Å². The van der Waals surface area contributed by atoms with Gasteiger partial charge < -0.3 is 0 Å². The van der Waals surface area contributed by atoms with Crippen molar-refractivity contribution in [3.63, 3.8) is 0 Å². The van der Waals surface area contributed by atoms with Crippen molar-refractivity contribution >= 4 is 32.3 Å². The van der Waals surface area contributed by atoms with E-state index in [0.717, 1.165) is 22.5 Å². The maximum atomic E-state index is 4.82. The molecular formula is C53H32N2. The van der Waals surface area contributed by atoms with Gasteiger partial charge in [0.1, 0.15) is 0 Å². The van der Waals surface area contributed by atoms with Gasteiger partial charge >= 0.3 is 0 Å². The third-order valence-corrected chi connectivity index (χ3v) is 12.2. The van der Waals surface area contributed by atoms with Gasteiger partial charge in [0.05, 0.1) is 29.2 Å². The summed E-state index contributed by atoms with van der Waals surface area (Å²) in [5.74, 6) is 0. The summed E-state index contributed by atoms with van der Waals surface area (Å²) in [6.07, 6.45) is 3.75. The summed E-state index contributed by atoms with van der Waals surface area (Å²) in [6, 6.07) is 67.0. The van der Waals surface area contributed by atoms with Crippen LogP contribution in [0.2, 0.25) is 0 Å². The van der Waals surface area contributed by atoms with Crippen molar-refractivity contribution in [1.29, 1.82) is 0 Å². The van der Waals surface area contributed by atoms with Gasteiger partial charge in [-0.1, -0.05) is 176 Å².